The highest BCUT2D eigenvalue weighted by Crippen LogP contribution is 1.77. The van der Waals surface area contributed by atoms with Crippen LogP contribution in [0.1, 0.15) is 34.1 Å². The Labute approximate surface area is 78.3 Å². The molecule has 0 amide bonds. The van der Waals surface area contributed by atoms with Crippen LogP contribution >= 0.6 is 0 Å². The van der Waals surface area contributed by atoms with Gasteiger partial charge in [-0.2, -0.15) is 0 Å². The second kappa shape index (κ2) is 13.5. The molecule has 12 heavy (non-hydrogen) atoms. The maximum atomic E-state index is 3.36. The Bertz CT molecular complexity index is 64.9. The molecule has 0 bridgehead atoms. The van der Waals surface area contributed by atoms with Crippen molar-refractivity contribution in [2.45, 2.75) is 34.1 Å². The van der Waals surface area contributed by atoms with Crippen LogP contribution in [0, 0.1) is 0 Å². The van der Waals surface area contributed by atoms with Crippen LogP contribution in [0.15, 0.2) is 0 Å². The fourth-order valence-electron chi connectivity index (χ4n) is 0.730. The lowest BCUT2D eigenvalue weighted by molar-refractivity contribution is 0.349. The van der Waals surface area contributed by atoms with Gasteiger partial charge in [0.25, 0.3) is 0 Å². The molecule has 0 aliphatic carbocycles. The Hall–Kier alpha value is -0.0800. The smallest absolute Gasteiger partial charge is 0.0104 e. The van der Waals surface area contributed by atoms with E-state index in [2.05, 4.69) is 31.1 Å². The van der Waals surface area contributed by atoms with Gasteiger partial charge in [0.05, 0.1) is 0 Å². The van der Waals surface area contributed by atoms with Gasteiger partial charge in [-0.05, 0) is 26.6 Å². The predicted octanol–water partition coefficient (Wildman–Crippen LogP) is 1.96. The quantitative estimate of drug-likeness (QED) is 0.619. The van der Waals surface area contributed by atoms with Gasteiger partial charge in [-0.1, -0.05) is 27.7 Å². The molecule has 0 fully saturated rings. The van der Waals surface area contributed by atoms with Gasteiger partial charge in [0, 0.05) is 13.1 Å². The molecule has 0 aromatic heterocycles. The lowest BCUT2D eigenvalue weighted by Crippen LogP contribution is -2.29. The van der Waals surface area contributed by atoms with E-state index in [9.17, 15) is 0 Å². The van der Waals surface area contributed by atoms with Gasteiger partial charge in [0.1, 0.15) is 0 Å². The molecule has 2 heteroatoms. The van der Waals surface area contributed by atoms with Crippen molar-refractivity contribution in [3.63, 3.8) is 0 Å². The first kappa shape index (κ1) is 14.4. The summed E-state index contributed by atoms with van der Waals surface area (Å²) in [6, 6.07) is 0. The molecule has 76 valence electrons. The van der Waals surface area contributed by atoms with Crippen molar-refractivity contribution in [1.82, 2.24) is 10.2 Å². The Morgan fingerprint density at radius 2 is 1.67 bits per heavy atom. The molecular weight excluding hydrogens is 148 g/mol. The van der Waals surface area contributed by atoms with E-state index in [4.69, 9.17) is 0 Å². The van der Waals surface area contributed by atoms with E-state index in [0.717, 1.165) is 26.2 Å². The molecule has 0 rings (SSSR count). The minimum Gasteiger partial charge on any atom is -0.315 e. The molecule has 0 aromatic carbocycles. The van der Waals surface area contributed by atoms with Crippen LogP contribution < -0.4 is 5.32 Å². The Morgan fingerprint density at radius 3 is 2.08 bits per heavy atom. The predicted molar refractivity (Wildman–Crippen MR) is 57.7 cm³/mol. The third kappa shape index (κ3) is 12.6. The molecule has 0 saturated carbocycles. The van der Waals surface area contributed by atoms with E-state index < -0.39 is 0 Å². The van der Waals surface area contributed by atoms with E-state index >= 15 is 0 Å². The lowest BCUT2D eigenvalue weighted by atomic mass is 10.4. The van der Waals surface area contributed by atoms with Gasteiger partial charge < -0.3 is 10.2 Å². The van der Waals surface area contributed by atoms with E-state index in [-0.39, 0.29) is 0 Å². The van der Waals surface area contributed by atoms with Gasteiger partial charge in [-0.3, -0.25) is 0 Å². The number of hydrogen-bond donors (Lipinski definition) is 1. The largest absolute Gasteiger partial charge is 0.315 e. The first-order chi connectivity index (χ1) is 5.81. The van der Waals surface area contributed by atoms with Gasteiger partial charge in [0.2, 0.25) is 0 Å². The highest BCUT2D eigenvalue weighted by atomic mass is 15.1. The second-order valence-electron chi connectivity index (χ2n) is 2.65. The molecule has 0 heterocycles. The molecule has 0 aromatic rings. The Morgan fingerprint density at radius 1 is 1.08 bits per heavy atom. The van der Waals surface area contributed by atoms with E-state index in [1.54, 1.807) is 0 Å². The van der Waals surface area contributed by atoms with Crippen molar-refractivity contribution >= 4 is 0 Å². The van der Waals surface area contributed by atoms with Gasteiger partial charge in [0.15, 0.2) is 0 Å². The van der Waals surface area contributed by atoms with Crippen LogP contribution in [0.5, 0.6) is 0 Å². The standard InChI is InChI=1S/C8H20N2.C2H6/c1-4-6-9-7-8-10(3)5-2;1-2/h9H,4-8H2,1-3H3;1-2H3. The van der Waals surface area contributed by atoms with Gasteiger partial charge in [-0.25, -0.2) is 0 Å². The fourth-order valence-corrected chi connectivity index (χ4v) is 0.730. The molecule has 0 spiro atoms. The molecular formula is C10H26N2. The monoisotopic (exact) mass is 174 g/mol. The van der Waals surface area contributed by atoms with Crippen molar-refractivity contribution < 1.29 is 0 Å². The molecule has 2 nitrogen and oxygen atoms in total. The number of nitrogens with one attached hydrogen (secondary N) is 1. The summed E-state index contributed by atoms with van der Waals surface area (Å²) in [5, 5.41) is 3.36. The number of nitrogens with zero attached hydrogens (tertiary/aromatic N) is 1. The van der Waals surface area contributed by atoms with Crippen molar-refractivity contribution in [3.05, 3.63) is 0 Å². The minimum atomic E-state index is 1.12. The zero-order valence-electron chi connectivity index (χ0n) is 9.48. The topological polar surface area (TPSA) is 15.3 Å². The molecule has 0 aliphatic heterocycles. The van der Waals surface area contributed by atoms with Gasteiger partial charge >= 0.3 is 0 Å². The summed E-state index contributed by atoms with van der Waals surface area (Å²) in [5.74, 6) is 0. The summed E-state index contributed by atoms with van der Waals surface area (Å²) in [4.78, 5) is 2.31. The lowest BCUT2D eigenvalue weighted by Gasteiger charge is -2.13. The van der Waals surface area contributed by atoms with E-state index in [0.29, 0.717) is 0 Å². The zero-order chi connectivity index (χ0) is 9.82. The maximum Gasteiger partial charge on any atom is 0.0104 e. The summed E-state index contributed by atoms with van der Waals surface area (Å²) in [6.07, 6.45) is 1.23. The summed E-state index contributed by atoms with van der Waals surface area (Å²) in [6.45, 7) is 13.0. The van der Waals surface area contributed by atoms with Gasteiger partial charge in [-0.15, -0.1) is 0 Å². The van der Waals surface area contributed by atoms with E-state index in [1.165, 1.54) is 6.42 Å². The Balaban J connectivity index is 0. The summed E-state index contributed by atoms with van der Waals surface area (Å²) in [7, 11) is 2.15. The first-order valence-corrected chi connectivity index (χ1v) is 5.20. The number of rotatable bonds is 6. The normalized spacial score (nSPS) is 9.50. The fraction of sp³-hybridized carbons (Fsp3) is 1.00. The summed E-state index contributed by atoms with van der Waals surface area (Å²) >= 11 is 0. The van der Waals surface area contributed by atoms with Crippen molar-refractivity contribution in [3.8, 4) is 0 Å². The van der Waals surface area contributed by atoms with Crippen LogP contribution in [0.3, 0.4) is 0 Å². The Kier molecular flexibility index (Phi) is 16.3. The van der Waals surface area contributed by atoms with E-state index in [1.807, 2.05) is 13.8 Å². The summed E-state index contributed by atoms with van der Waals surface area (Å²) in [5.41, 5.74) is 0. The molecule has 0 aliphatic rings. The van der Waals surface area contributed by atoms with Crippen LogP contribution in [0.25, 0.3) is 0 Å². The SMILES string of the molecule is CC.CCCNCCN(C)CC. The highest BCUT2D eigenvalue weighted by molar-refractivity contribution is 4.51. The van der Waals surface area contributed by atoms with Crippen molar-refractivity contribution in [2.75, 3.05) is 33.2 Å². The zero-order valence-corrected chi connectivity index (χ0v) is 9.48. The molecule has 0 radical (unpaired) electrons. The molecule has 0 atom stereocenters. The van der Waals surface area contributed by atoms with Crippen LogP contribution in [-0.2, 0) is 0 Å². The average Bonchev–Trinajstić information content (AvgIpc) is 2.15. The number of likely N-dealkylation sites (N-methyl/N-ethyl adjacent to an activating group) is 1. The van der Waals surface area contributed by atoms with Crippen LogP contribution in [0.4, 0.5) is 0 Å². The molecule has 0 unspecified atom stereocenters. The third-order valence-corrected chi connectivity index (χ3v) is 1.64. The van der Waals surface area contributed by atoms with Crippen LogP contribution in [-0.4, -0.2) is 38.1 Å². The summed E-state index contributed by atoms with van der Waals surface area (Å²) < 4.78 is 0. The molecule has 0 saturated heterocycles. The number of hydrogen-bond acceptors (Lipinski definition) is 2. The molecule has 1 N–H and O–H groups in total. The average molecular weight is 174 g/mol. The second-order valence-corrected chi connectivity index (χ2v) is 2.65. The highest BCUT2D eigenvalue weighted by Gasteiger charge is 1.91. The minimum absolute atomic E-state index is 1.12. The van der Waals surface area contributed by atoms with Crippen molar-refractivity contribution in [2.24, 2.45) is 0 Å². The maximum absolute atomic E-state index is 3.36. The van der Waals surface area contributed by atoms with Crippen LogP contribution in [0.2, 0.25) is 0 Å². The van der Waals surface area contributed by atoms with Crippen molar-refractivity contribution in [1.29, 1.82) is 0 Å². The first-order valence-electron chi connectivity index (χ1n) is 5.20. The third-order valence-electron chi connectivity index (χ3n) is 1.64.